The maximum atomic E-state index is 6.41. The van der Waals surface area contributed by atoms with Gasteiger partial charge in [0.25, 0.3) is 0 Å². The summed E-state index contributed by atoms with van der Waals surface area (Å²) in [6, 6.07) is 10.6. The van der Waals surface area contributed by atoms with E-state index in [1.165, 1.54) is 37.7 Å². The number of benzene rings is 1. The summed E-state index contributed by atoms with van der Waals surface area (Å²) < 4.78 is 0. The molecule has 2 saturated carbocycles. The fourth-order valence-corrected chi connectivity index (χ4v) is 3.29. The molecule has 0 unspecified atom stereocenters. The van der Waals surface area contributed by atoms with Crippen LogP contribution in [-0.4, -0.2) is 0 Å². The van der Waals surface area contributed by atoms with Crippen LogP contribution in [0.1, 0.15) is 37.7 Å². The second-order valence-corrected chi connectivity index (χ2v) is 5.23. The minimum atomic E-state index is 0. The summed E-state index contributed by atoms with van der Waals surface area (Å²) in [7, 11) is 0. The topological polar surface area (TPSA) is 26.0 Å². The van der Waals surface area contributed by atoms with Crippen LogP contribution in [0.4, 0.5) is 0 Å². The zero-order chi connectivity index (χ0) is 9.65. The average molecular weight is 224 g/mol. The van der Waals surface area contributed by atoms with E-state index in [1.54, 1.807) is 0 Å². The van der Waals surface area contributed by atoms with Gasteiger partial charge >= 0.3 is 0 Å². The van der Waals surface area contributed by atoms with E-state index in [1.807, 2.05) is 0 Å². The van der Waals surface area contributed by atoms with Crippen molar-refractivity contribution in [3.63, 3.8) is 0 Å². The molecule has 2 aliphatic carbocycles. The highest BCUT2D eigenvalue weighted by atomic mass is 35.5. The van der Waals surface area contributed by atoms with Crippen molar-refractivity contribution in [2.24, 2.45) is 11.1 Å². The van der Waals surface area contributed by atoms with E-state index in [0.717, 1.165) is 0 Å². The SMILES string of the molecule is Cl.NC1(c2ccccc2)CC2(CCC2)C1. The zero-order valence-electron chi connectivity index (χ0n) is 8.91. The van der Waals surface area contributed by atoms with E-state index < -0.39 is 0 Å². The Kier molecular flexibility index (Phi) is 2.56. The van der Waals surface area contributed by atoms with E-state index in [-0.39, 0.29) is 17.9 Å². The molecule has 0 saturated heterocycles. The number of rotatable bonds is 1. The van der Waals surface area contributed by atoms with E-state index in [9.17, 15) is 0 Å². The molecule has 82 valence electrons. The van der Waals surface area contributed by atoms with Crippen LogP contribution in [0.5, 0.6) is 0 Å². The molecule has 1 spiro atoms. The van der Waals surface area contributed by atoms with Gasteiger partial charge in [-0.1, -0.05) is 36.8 Å². The van der Waals surface area contributed by atoms with Crippen molar-refractivity contribution in [3.8, 4) is 0 Å². The summed E-state index contributed by atoms with van der Waals surface area (Å²) in [6.45, 7) is 0. The number of hydrogen-bond donors (Lipinski definition) is 1. The normalized spacial score (nSPS) is 24.9. The Balaban J connectivity index is 0.000000853. The second-order valence-electron chi connectivity index (χ2n) is 5.23. The highest BCUT2D eigenvalue weighted by Gasteiger charge is 2.55. The lowest BCUT2D eigenvalue weighted by molar-refractivity contribution is -0.0462. The molecule has 0 atom stereocenters. The lowest BCUT2D eigenvalue weighted by atomic mass is 9.47. The molecule has 0 aliphatic heterocycles. The second kappa shape index (κ2) is 3.50. The van der Waals surface area contributed by atoms with Crippen LogP contribution >= 0.6 is 12.4 Å². The van der Waals surface area contributed by atoms with Gasteiger partial charge in [0.15, 0.2) is 0 Å². The van der Waals surface area contributed by atoms with Crippen LogP contribution in [-0.2, 0) is 5.54 Å². The summed E-state index contributed by atoms with van der Waals surface area (Å²) in [5.41, 5.74) is 8.40. The first kappa shape index (κ1) is 11.0. The lowest BCUT2D eigenvalue weighted by Crippen LogP contribution is -2.58. The van der Waals surface area contributed by atoms with Gasteiger partial charge in [-0.05, 0) is 36.7 Å². The molecule has 1 aromatic carbocycles. The van der Waals surface area contributed by atoms with Crippen LogP contribution < -0.4 is 5.73 Å². The molecule has 15 heavy (non-hydrogen) atoms. The lowest BCUT2D eigenvalue weighted by Gasteiger charge is -2.60. The third kappa shape index (κ3) is 1.58. The van der Waals surface area contributed by atoms with Gasteiger partial charge in [-0.2, -0.15) is 0 Å². The first-order valence-corrected chi connectivity index (χ1v) is 5.57. The van der Waals surface area contributed by atoms with Crippen molar-refractivity contribution in [1.29, 1.82) is 0 Å². The molecule has 0 heterocycles. The fourth-order valence-electron chi connectivity index (χ4n) is 3.29. The third-order valence-corrected chi connectivity index (χ3v) is 4.14. The van der Waals surface area contributed by atoms with Crippen molar-refractivity contribution in [1.82, 2.24) is 0 Å². The molecule has 0 amide bonds. The predicted octanol–water partition coefficient (Wildman–Crippen LogP) is 3.23. The molecule has 1 nitrogen and oxygen atoms in total. The van der Waals surface area contributed by atoms with Gasteiger partial charge in [0.2, 0.25) is 0 Å². The maximum absolute atomic E-state index is 6.41. The van der Waals surface area contributed by atoms with Gasteiger partial charge < -0.3 is 5.73 Å². The minimum Gasteiger partial charge on any atom is -0.321 e. The molecule has 0 radical (unpaired) electrons. The molecule has 3 rings (SSSR count). The Morgan fingerprint density at radius 2 is 1.60 bits per heavy atom. The molecule has 1 aromatic rings. The Hall–Kier alpha value is -0.530. The molecular weight excluding hydrogens is 206 g/mol. The largest absolute Gasteiger partial charge is 0.321 e. The number of halogens is 1. The number of hydrogen-bond acceptors (Lipinski definition) is 1. The summed E-state index contributed by atoms with van der Waals surface area (Å²) in [6.07, 6.45) is 6.68. The first-order chi connectivity index (χ1) is 6.73. The van der Waals surface area contributed by atoms with Crippen molar-refractivity contribution in [2.75, 3.05) is 0 Å². The minimum absolute atomic E-state index is 0. The summed E-state index contributed by atoms with van der Waals surface area (Å²) in [4.78, 5) is 0. The van der Waals surface area contributed by atoms with Crippen LogP contribution in [0.2, 0.25) is 0 Å². The Bertz CT molecular complexity index is 335. The van der Waals surface area contributed by atoms with Gasteiger partial charge in [-0.15, -0.1) is 12.4 Å². The van der Waals surface area contributed by atoms with E-state index in [2.05, 4.69) is 30.3 Å². The van der Waals surface area contributed by atoms with Gasteiger partial charge in [0, 0.05) is 5.54 Å². The quantitative estimate of drug-likeness (QED) is 0.778. The molecule has 2 N–H and O–H groups in total. The molecule has 0 aromatic heterocycles. The van der Waals surface area contributed by atoms with Crippen molar-refractivity contribution in [3.05, 3.63) is 35.9 Å². The first-order valence-electron chi connectivity index (χ1n) is 5.57. The molecule has 2 fully saturated rings. The molecular formula is C13H18ClN. The summed E-state index contributed by atoms with van der Waals surface area (Å²) in [5.74, 6) is 0. The van der Waals surface area contributed by atoms with Crippen LogP contribution in [0, 0.1) is 5.41 Å². The third-order valence-electron chi connectivity index (χ3n) is 4.14. The van der Waals surface area contributed by atoms with Crippen LogP contribution in [0.25, 0.3) is 0 Å². The molecule has 0 bridgehead atoms. The summed E-state index contributed by atoms with van der Waals surface area (Å²) >= 11 is 0. The highest BCUT2D eigenvalue weighted by molar-refractivity contribution is 5.85. The van der Waals surface area contributed by atoms with Gasteiger partial charge in [-0.25, -0.2) is 0 Å². The monoisotopic (exact) mass is 223 g/mol. The highest BCUT2D eigenvalue weighted by Crippen LogP contribution is 2.62. The standard InChI is InChI=1S/C13H17N.ClH/c14-13(11-5-2-1-3-6-11)9-12(10-13)7-4-8-12;/h1-3,5-6H,4,7-10,14H2;1H. The smallest absolute Gasteiger partial charge is 0.0420 e. The van der Waals surface area contributed by atoms with Crippen LogP contribution in [0.3, 0.4) is 0 Å². The Morgan fingerprint density at radius 1 is 1.00 bits per heavy atom. The van der Waals surface area contributed by atoms with Crippen molar-refractivity contribution in [2.45, 2.75) is 37.6 Å². The van der Waals surface area contributed by atoms with Crippen molar-refractivity contribution >= 4 is 12.4 Å². The Labute approximate surface area is 97.5 Å². The average Bonchev–Trinajstić information content (AvgIpc) is 2.11. The molecule has 2 aliphatic rings. The fraction of sp³-hybridized carbons (Fsp3) is 0.538. The van der Waals surface area contributed by atoms with Crippen LogP contribution in [0.15, 0.2) is 30.3 Å². The molecule has 2 heteroatoms. The van der Waals surface area contributed by atoms with Gasteiger partial charge in [0.05, 0.1) is 0 Å². The van der Waals surface area contributed by atoms with E-state index in [4.69, 9.17) is 5.73 Å². The van der Waals surface area contributed by atoms with Gasteiger partial charge in [-0.3, -0.25) is 0 Å². The predicted molar refractivity (Wildman–Crippen MR) is 65.1 cm³/mol. The van der Waals surface area contributed by atoms with E-state index >= 15 is 0 Å². The van der Waals surface area contributed by atoms with Crippen molar-refractivity contribution < 1.29 is 0 Å². The van der Waals surface area contributed by atoms with E-state index in [0.29, 0.717) is 5.41 Å². The number of nitrogens with two attached hydrogens (primary N) is 1. The Morgan fingerprint density at radius 3 is 2.07 bits per heavy atom. The van der Waals surface area contributed by atoms with Gasteiger partial charge in [0.1, 0.15) is 0 Å². The maximum Gasteiger partial charge on any atom is 0.0420 e. The summed E-state index contributed by atoms with van der Waals surface area (Å²) in [5, 5.41) is 0. The zero-order valence-corrected chi connectivity index (χ0v) is 9.72.